The standard InChI is InChI=1S/C19H18F6N4O2/c20-12-7-10(1-2-11(12)16(26)30)14-13(19(23,24)25)15(17(27)31)29(28-14)8-9-3-5-18(21,22)6-4-9/h1-2,7,9H,3-6,8H2,(H2,26,30)(H2,27,31). The van der Waals surface area contributed by atoms with Gasteiger partial charge < -0.3 is 11.5 Å². The van der Waals surface area contributed by atoms with Crippen molar-refractivity contribution in [3.8, 4) is 11.3 Å². The fourth-order valence-electron chi connectivity index (χ4n) is 3.70. The van der Waals surface area contributed by atoms with E-state index in [-0.39, 0.29) is 24.9 Å². The zero-order chi connectivity index (χ0) is 23.1. The second-order valence-corrected chi connectivity index (χ2v) is 7.47. The number of halogens is 6. The van der Waals surface area contributed by atoms with E-state index in [4.69, 9.17) is 11.5 Å². The number of hydrogen-bond acceptors (Lipinski definition) is 3. The van der Waals surface area contributed by atoms with Crippen LogP contribution in [0.5, 0.6) is 0 Å². The van der Waals surface area contributed by atoms with Crippen molar-refractivity contribution in [1.29, 1.82) is 0 Å². The second kappa shape index (κ2) is 7.89. The van der Waals surface area contributed by atoms with Gasteiger partial charge in [0, 0.05) is 24.9 Å². The molecule has 31 heavy (non-hydrogen) atoms. The Morgan fingerprint density at radius 2 is 1.74 bits per heavy atom. The van der Waals surface area contributed by atoms with Gasteiger partial charge in [-0.15, -0.1) is 0 Å². The summed E-state index contributed by atoms with van der Waals surface area (Å²) in [5.74, 6) is -6.97. The number of aromatic nitrogens is 2. The molecule has 4 N–H and O–H groups in total. The van der Waals surface area contributed by atoms with Crippen LogP contribution in [0.2, 0.25) is 0 Å². The number of carbonyl (C=O) groups excluding carboxylic acids is 2. The maximum Gasteiger partial charge on any atom is 0.420 e. The molecule has 0 unspecified atom stereocenters. The average Bonchev–Trinajstić information content (AvgIpc) is 3.03. The zero-order valence-electron chi connectivity index (χ0n) is 16.0. The van der Waals surface area contributed by atoms with E-state index in [0.717, 1.165) is 16.8 Å². The normalized spacial score (nSPS) is 17.0. The predicted molar refractivity (Wildman–Crippen MR) is 96.6 cm³/mol. The minimum absolute atomic E-state index is 0.0314. The summed E-state index contributed by atoms with van der Waals surface area (Å²) in [6, 6.07) is 2.56. The largest absolute Gasteiger partial charge is 0.420 e. The average molecular weight is 448 g/mol. The molecule has 1 aliphatic carbocycles. The number of alkyl halides is 5. The molecule has 3 rings (SSSR count). The Kier molecular flexibility index (Phi) is 5.76. The van der Waals surface area contributed by atoms with E-state index >= 15 is 0 Å². The molecule has 1 aliphatic rings. The zero-order valence-corrected chi connectivity index (χ0v) is 16.0. The van der Waals surface area contributed by atoms with Gasteiger partial charge in [-0.2, -0.15) is 18.3 Å². The second-order valence-electron chi connectivity index (χ2n) is 7.47. The Morgan fingerprint density at radius 3 is 2.23 bits per heavy atom. The molecule has 0 spiro atoms. The molecule has 12 heteroatoms. The molecule has 0 radical (unpaired) electrons. The summed E-state index contributed by atoms with van der Waals surface area (Å²) in [7, 11) is 0. The van der Waals surface area contributed by atoms with Crippen LogP contribution in [0.3, 0.4) is 0 Å². The van der Waals surface area contributed by atoms with E-state index in [2.05, 4.69) is 5.10 Å². The lowest BCUT2D eigenvalue weighted by Crippen LogP contribution is -2.29. The van der Waals surface area contributed by atoms with Gasteiger partial charge in [0.1, 0.15) is 22.8 Å². The third-order valence-electron chi connectivity index (χ3n) is 5.25. The number of carbonyl (C=O) groups is 2. The summed E-state index contributed by atoms with van der Waals surface area (Å²) in [4.78, 5) is 23.1. The lowest BCUT2D eigenvalue weighted by atomic mass is 9.87. The number of primary amides is 2. The fraction of sp³-hybridized carbons (Fsp3) is 0.421. The van der Waals surface area contributed by atoms with Crippen LogP contribution in [0.25, 0.3) is 11.3 Å². The first kappa shape index (κ1) is 22.6. The van der Waals surface area contributed by atoms with Crippen molar-refractivity contribution in [1.82, 2.24) is 9.78 Å². The van der Waals surface area contributed by atoms with Crippen molar-refractivity contribution < 1.29 is 35.9 Å². The van der Waals surface area contributed by atoms with Crippen LogP contribution in [0.4, 0.5) is 26.3 Å². The molecule has 1 aromatic carbocycles. The minimum atomic E-state index is -5.07. The summed E-state index contributed by atoms with van der Waals surface area (Å²) in [6.45, 7) is -0.237. The molecule has 0 saturated heterocycles. The summed E-state index contributed by atoms with van der Waals surface area (Å²) in [6.07, 6.45) is -5.86. The predicted octanol–water partition coefficient (Wildman–Crippen LogP) is 3.73. The fourth-order valence-corrected chi connectivity index (χ4v) is 3.70. The van der Waals surface area contributed by atoms with E-state index in [1.807, 2.05) is 0 Å². The van der Waals surface area contributed by atoms with Crippen LogP contribution in [0.1, 0.15) is 52.1 Å². The smallest absolute Gasteiger partial charge is 0.366 e. The third-order valence-corrected chi connectivity index (χ3v) is 5.25. The van der Waals surface area contributed by atoms with Crippen molar-refractivity contribution in [3.63, 3.8) is 0 Å². The molecule has 6 nitrogen and oxygen atoms in total. The van der Waals surface area contributed by atoms with E-state index < -0.39 is 71.0 Å². The van der Waals surface area contributed by atoms with E-state index in [9.17, 15) is 35.9 Å². The number of nitrogens with two attached hydrogens (primary N) is 2. The quantitative estimate of drug-likeness (QED) is 0.681. The Balaban J connectivity index is 2.09. The van der Waals surface area contributed by atoms with Crippen molar-refractivity contribution in [2.24, 2.45) is 17.4 Å². The SMILES string of the molecule is NC(=O)c1ccc(-c2nn(CC3CCC(F)(F)CC3)c(C(N)=O)c2C(F)(F)F)cc1F. The van der Waals surface area contributed by atoms with Gasteiger partial charge in [0.15, 0.2) is 0 Å². The first-order chi connectivity index (χ1) is 14.3. The van der Waals surface area contributed by atoms with Gasteiger partial charge in [0.2, 0.25) is 5.92 Å². The molecule has 1 saturated carbocycles. The third kappa shape index (κ3) is 4.67. The highest BCUT2D eigenvalue weighted by Gasteiger charge is 2.43. The van der Waals surface area contributed by atoms with Gasteiger partial charge >= 0.3 is 6.18 Å². The molecule has 168 valence electrons. The van der Waals surface area contributed by atoms with Gasteiger partial charge in [0.25, 0.3) is 11.8 Å². The van der Waals surface area contributed by atoms with Crippen molar-refractivity contribution in [2.75, 3.05) is 0 Å². The van der Waals surface area contributed by atoms with Gasteiger partial charge in [-0.25, -0.2) is 13.2 Å². The molecule has 1 heterocycles. The lowest BCUT2D eigenvalue weighted by Gasteiger charge is -2.28. The highest BCUT2D eigenvalue weighted by Crippen LogP contribution is 2.41. The number of amides is 2. The molecule has 0 atom stereocenters. The van der Waals surface area contributed by atoms with E-state index in [1.54, 1.807) is 0 Å². The molecule has 1 fully saturated rings. The number of hydrogen-bond donors (Lipinski definition) is 2. The summed E-state index contributed by atoms with van der Waals surface area (Å²) >= 11 is 0. The monoisotopic (exact) mass is 448 g/mol. The van der Waals surface area contributed by atoms with Crippen molar-refractivity contribution in [2.45, 2.75) is 44.3 Å². The van der Waals surface area contributed by atoms with E-state index in [0.29, 0.717) is 6.07 Å². The highest BCUT2D eigenvalue weighted by molar-refractivity contribution is 5.96. The van der Waals surface area contributed by atoms with E-state index in [1.165, 1.54) is 0 Å². The first-order valence-electron chi connectivity index (χ1n) is 9.25. The van der Waals surface area contributed by atoms with Gasteiger partial charge in [0.05, 0.1) is 5.56 Å². The Morgan fingerprint density at radius 1 is 1.13 bits per heavy atom. The molecular weight excluding hydrogens is 430 g/mol. The van der Waals surface area contributed by atoms with Crippen LogP contribution in [-0.4, -0.2) is 27.5 Å². The van der Waals surface area contributed by atoms with Gasteiger partial charge in [-0.1, -0.05) is 6.07 Å². The topological polar surface area (TPSA) is 104 Å². The number of benzene rings is 1. The van der Waals surface area contributed by atoms with Gasteiger partial charge in [-0.05, 0) is 30.9 Å². The number of rotatable bonds is 5. The van der Waals surface area contributed by atoms with Crippen LogP contribution in [0.15, 0.2) is 18.2 Å². The van der Waals surface area contributed by atoms with Crippen LogP contribution >= 0.6 is 0 Å². The molecule has 2 aromatic rings. The molecule has 2 amide bonds. The summed E-state index contributed by atoms with van der Waals surface area (Å²) < 4.78 is 83.1. The Bertz CT molecular complexity index is 1020. The molecule has 0 aliphatic heterocycles. The molecule has 1 aromatic heterocycles. The maximum absolute atomic E-state index is 14.1. The first-order valence-corrected chi connectivity index (χ1v) is 9.25. The Labute approximate surface area is 172 Å². The van der Waals surface area contributed by atoms with Crippen molar-refractivity contribution >= 4 is 11.8 Å². The summed E-state index contributed by atoms with van der Waals surface area (Å²) in [5.41, 5.74) is 6.13. The molecular formula is C19H18F6N4O2. The number of nitrogens with zero attached hydrogens (tertiary/aromatic N) is 2. The van der Waals surface area contributed by atoms with Crippen LogP contribution in [0, 0.1) is 11.7 Å². The maximum atomic E-state index is 14.1. The Hall–Kier alpha value is -3.05. The minimum Gasteiger partial charge on any atom is -0.366 e. The van der Waals surface area contributed by atoms with Crippen LogP contribution < -0.4 is 11.5 Å². The lowest BCUT2D eigenvalue weighted by molar-refractivity contribution is -0.137. The van der Waals surface area contributed by atoms with Crippen molar-refractivity contribution in [3.05, 3.63) is 40.8 Å². The summed E-state index contributed by atoms with van der Waals surface area (Å²) in [5, 5.41) is 3.84. The van der Waals surface area contributed by atoms with Crippen LogP contribution in [-0.2, 0) is 12.7 Å². The van der Waals surface area contributed by atoms with Gasteiger partial charge in [-0.3, -0.25) is 14.3 Å². The molecule has 0 bridgehead atoms. The highest BCUT2D eigenvalue weighted by atomic mass is 19.4.